The summed E-state index contributed by atoms with van der Waals surface area (Å²) in [7, 11) is 0. The van der Waals surface area contributed by atoms with Gasteiger partial charge in [0, 0.05) is 16.6 Å². The number of carbonyl (C=O) groups excluding carboxylic acids is 1. The van der Waals surface area contributed by atoms with Crippen molar-refractivity contribution in [1.82, 2.24) is 4.98 Å². The molecule has 1 aromatic heterocycles. The fraction of sp³-hybridized carbons (Fsp3) is 0.158. The standard InChI is InChI=1S/C19H19N3O3S/c1-2-24-15-9-5-14(6-10-15)21-18(23)11-25-16-7-3-13(4-8-16)17-12-26-19(20)22-17/h3-10,12H,2,11H2,1H3,(H2,20,22)(H,21,23). The molecule has 0 unspecified atom stereocenters. The van der Waals surface area contributed by atoms with Crippen LogP contribution in [-0.4, -0.2) is 24.1 Å². The first-order valence-electron chi connectivity index (χ1n) is 8.11. The number of amides is 1. The van der Waals surface area contributed by atoms with Crippen LogP contribution in [0.25, 0.3) is 11.3 Å². The number of hydrogen-bond donors (Lipinski definition) is 2. The Labute approximate surface area is 155 Å². The first-order chi connectivity index (χ1) is 12.6. The van der Waals surface area contributed by atoms with E-state index < -0.39 is 0 Å². The zero-order chi connectivity index (χ0) is 18.4. The minimum absolute atomic E-state index is 0.0732. The van der Waals surface area contributed by atoms with Crippen LogP contribution in [0.1, 0.15) is 6.92 Å². The third-order valence-corrected chi connectivity index (χ3v) is 4.16. The normalized spacial score (nSPS) is 10.3. The maximum absolute atomic E-state index is 12.0. The van der Waals surface area contributed by atoms with Gasteiger partial charge >= 0.3 is 0 Å². The van der Waals surface area contributed by atoms with Crippen molar-refractivity contribution in [3.63, 3.8) is 0 Å². The summed E-state index contributed by atoms with van der Waals surface area (Å²) in [6, 6.07) is 14.6. The summed E-state index contributed by atoms with van der Waals surface area (Å²) in [4.78, 5) is 16.2. The molecule has 1 heterocycles. The third-order valence-electron chi connectivity index (χ3n) is 3.49. The molecule has 3 N–H and O–H groups in total. The number of aromatic nitrogens is 1. The molecule has 7 heteroatoms. The predicted octanol–water partition coefficient (Wildman–Crippen LogP) is 3.81. The van der Waals surface area contributed by atoms with Gasteiger partial charge in [-0.1, -0.05) is 0 Å². The van der Waals surface area contributed by atoms with E-state index in [1.54, 1.807) is 24.3 Å². The molecular weight excluding hydrogens is 350 g/mol. The molecule has 0 saturated carbocycles. The Morgan fingerprint density at radius 3 is 2.35 bits per heavy atom. The number of rotatable bonds is 7. The van der Waals surface area contributed by atoms with E-state index in [4.69, 9.17) is 15.2 Å². The molecule has 3 aromatic rings. The van der Waals surface area contributed by atoms with Crippen LogP contribution in [-0.2, 0) is 4.79 Å². The maximum Gasteiger partial charge on any atom is 0.262 e. The van der Waals surface area contributed by atoms with Crippen molar-refractivity contribution in [2.75, 3.05) is 24.3 Å². The Balaban J connectivity index is 1.51. The molecule has 0 spiro atoms. The quantitative estimate of drug-likeness (QED) is 0.661. The van der Waals surface area contributed by atoms with E-state index in [1.807, 2.05) is 36.6 Å². The summed E-state index contributed by atoms with van der Waals surface area (Å²) < 4.78 is 10.9. The topological polar surface area (TPSA) is 86.5 Å². The van der Waals surface area contributed by atoms with Gasteiger partial charge in [0.1, 0.15) is 11.5 Å². The second-order valence-corrected chi connectivity index (χ2v) is 6.28. The van der Waals surface area contributed by atoms with E-state index >= 15 is 0 Å². The fourth-order valence-corrected chi connectivity index (χ4v) is 2.86. The van der Waals surface area contributed by atoms with Gasteiger partial charge in [0.2, 0.25) is 0 Å². The molecular formula is C19H19N3O3S. The number of ether oxygens (including phenoxy) is 2. The van der Waals surface area contributed by atoms with E-state index in [2.05, 4.69) is 10.3 Å². The molecule has 0 fully saturated rings. The van der Waals surface area contributed by atoms with Gasteiger partial charge in [0.15, 0.2) is 11.7 Å². The van der Waals surface area contributed by atoms with Gasteiger partial charge in [-0.25, -0.2) is 4.98 Å². The highest BCUT2D eigenvalue weighted by molar-refractivity contribution is 7.13. The molecule has 26 heavy (non-hydrogen) atoms. The molecule has 0 radical (unpaired) electrons. The number of anilines is 2. The second-order valence-electron chi connectivity index (χ2n) is 5.39. The Morgan fingerprint density at radius 1 is 1.08 bits per heavy atom. The summed E-state index contributed by atoms with van der Waals surface area (Å²) in [5.74, 6) is 1.15. The average Bonchev–Trinajstić information content (AvgIpc) is 3.09. The molecule has 2 aromatic carbocycles. The van der Waals surface area contributed by atoms with Gasteiger partial charge in [0.25, 0.3) is 5.91 Å². The minimum atomic E-state index is -0.231. The lowest BCUT2D eigenvalue weighted by atomic mass is 10.2. The molecule has 0 saturated heterocycles. The molecule has 0 aliphatic heterocycles. The highest BCUT2D eigenvalue weighted by Gasteiger charge is 2.06. The number of nitrogens with two attached hydrogens (primary N) is 1. The van der Waals surface area contributed by atoms with Crippen molar-refractivity contribution in [3.05, 3.63) is 53.9 Å². The molecule has 1 amide bonds. The monoisotopic (exact) mass is 369 g/mol. The lowest BCUT2D eigenvalue weighted by Crippen LogP contribution is -2.20. The van der Waals surface area contributed by atoms with Gasteiger partial charge in [0.05, 0.1) is 12.3 Å². The first-order valence-corrected chi connectivity index (χ1v) is 8.99. The van der Waals surface area contributed by atoms with Crippen molar-refractivity contribution >= 4 is 28.1 Å². The third kappa shape index (κ3) is 4.73. The fourth-order valence-electron chi connectivity index (χ4n) is 2.29. The van der Waals surface area contributed by atoms with E-state index in [-0.39, 0.29) is 12.5 Å². The molecule has 134 valence electrons. The number of nitrogens with zero attached hydrogens (tertiary/aromatic N) is 1. The van der Waals surface area contributed by atoms with Gasteiger partial charge in [-0.05, 0) is 55.5 Å². The van der Waals surface area contributed by atoms with Crippen molar-refractivity contribution in [3.8, 4) is 22.8 Å². The Hall–Kier alpha value is -3.06. The number of benzene rings is 2. The van der Waals surface area contributed by atoms with Gasteiger partial charge in [-0.3, -0.25) is 4.79 Å². The first kappa shape index (κ1) is 17.8. The minimum Gasteiger partial charge on any atom is -0.494 e. The maximum atomic E-state index is 12.0. The zero-order valence-electron chi connectivity index (χ0n) is 14.3. The van der Waals surface area contributed by atoms with Crippen LogP contribution >= 0.6 is 11.3 Å². The van der Waals surface area contributed by atoms with Crippen molar-refractivity contribution < 1.29 is 14.3 Å². The number of nitrogen functional groups attached to an aromatic ring is 1. The van der Waals surface area contributed by atoms with Gasteiger partial charge in [-0.2, -0.15) is 0 Å². The van der Waals surface area contributed by atoms with Crippen LogP contribution in [0, 0.1) is 0 Å². The van der Waals surface area contributed by atoms with Crippen LogP contribution in [0.5, 0.6) is 11.5 Å². The van der Waals surface area contributed by atoms with Gasteiger partial charge in [-0.15, -0.1) is 11.3 Å². The number of hydrogen-bond acceptors (Lipinski definition) is 6. The Kier molecular flexibility index (Phi) is 5.70. The summed E-state index contributed by atoms with van der Waals surface area (Å²) >= 11 is 1.40. The highest BCUT2D eigenvalue weighted by atomic mass is 32.1. The number of thiazole rings is 1. The number of nitrogens with one attached hydrogen (secondary N) is 1. The summed E-state index contributed by atoms with van der Waals surface area (Å²) in [6.07, 6.45) is 0. The highest BCUT2D eigenvalue weighted by Crippen LogP contribution is 2.25. The SMILES string of the molecule is CCOc1ccc(NC(=O)COc2ccc(-c3csc(N)n3)cc2)cc1. The molecule has 6 nitrogen and oxygen atoms in total. The molecule has 0 bridgehead atoms. The smallest absolute Gasteiger partial charge is 0.262 e. The van der Waals surface area contributed by atoms with E-state index in [0.717, 1.165) is 17.0 Å². The summed E-state index contributed by atoms with van der Waals surface area (Å²) in [6.45, 7) is 2.45. The lowest BCUT2D eigenvalue weighted by molar-refractivity contribution is -0.118. The summed E-state index contributed by atoms with van der Waals surface area (Å²) in [5, 5.41) is 5.21. The van der Waals surface area contributed by atoms with Crippen LogP contribution in [0.3, 0.4) is 0 Å². The largest absolute Gasteiger partial charge is 0.494 e. The van der Waals surface area contributed by atoms with Crippen LogP contribution in [0.15, 0.2) is 53.9 Å². The van der Waals surface area contributed by atoms with E-state index in [1.165, 1.54) is 11.3 Å². The predicted molar refractivity (Wildman–Crippen MR) is 104 cm³/mol. The van der Waals surface area contributed by atoms with Crippen molar-refractivity contribution in [2.45, 2.75) is 6.92 Å². The van der Waals surface area contributed by atoms with Crippen LogP contribution < -0.4 is 20.5 Å². The molecule has 0 atom stereocenters. The van der Waals surface area contributed by atoms with E-state index in [9.17, 15) is 4.79 Å². The average molecular weight is 369 g/mol. The van der Waals surface area contributed by atoms with Crippen molar-refractivity contribution in [2.24, 2.45) is 0 Å². The molecule has 0 aliphatic rings. The Morgan fingerprint density at radius 2 is 1.73 bits per heavy atom. The molecule has 3 rings (SSSR count). The lowest BCUT2D eigenvalue weighted by Gasteiger charge is -2.09. The Bertz CT molecular complexity index is 860. The van der Waals surface area contributed by atoms with Crippen LogP contribution in [0.2, 0.25) is 0 Å². The number of carbonyl (C=O) groups is 1. The second kappa shape index (κ2) is 8.35. The van der Waals surface area contributed by atoms with Crippen molar-refractivity contribution in [1.29, 1.82) is 0 Å². The van der Waals surface area contributed by atoms with Crippen LogP contribution in [0.4, 0.5) is 10.8 Å². The summed E-state index contributed by atoms with van der Waals surface area (Å²) in [5.41, 5.74) is 8.11. The molecule has 0 aliphatic carbocycles. The van der Waals surface area contributed by atoms with Gasteiger partial charge < -0.3 is 20.5 Å². The van der Waals surface area contributed by atoms with E-state index in [0.29, 0.717) is 23.2 Å². The zero-order valence-corrected chi connectivity index (χ0v) is 15.1.